The van der Waals surface area contributed by atoms with Crippen LogP contribution in [0.4, 0.5) is 0 Å². The Hall–Kier alpha value is 2.32. The Bertz CT molecular complexity index is 48.4. The molecule has 0 aliphatic heterocycles. The zero-order valence-corrected chi connectivity index (χ0v) is 10.9. The van der Waals surface area contributed by atoms with Crippen molar-refractivity contribution < 1.29 is 110 Å². The maximum absolute atomic E-state index is 8.63. The van der Waals surface area contributed by atoms with E-state index in [0.717, 1.165) is 0 Å². The fourth-order valence-electron chi connectivity index (χ4n) is 0. The predicted octanol–water partition coefficient (Wildman–Crippen LogP) is -10.7. The first kappa shape index (κ1) is 18.2. The third-order valence-electron chi connectivity index (χ3n) is 0. The van der Waals surface area contributed by atoms with Gasteiger partial charge in [0.1, 0.15) is 0 Å². The van der Waals surface area contributed by atoms with Crippen molar-refractivity contribution in [1.82, 2.24) is 0 Å². The van der Waals surface area contributed by atoms with Crippen molar-refractivity contribution in [3.63, 3.8) is 0 Å². The van der Waals surface area contributed by atoms with Gasteiger partial charge in [0, 0.05) is 0 Å². The average Bonchev–Trinajstić information content (AvgIpc) is 1.19. The smallest absolute Gasteiger partial charge is 0.372 e. The van der Waals surface area contributed by atoms with Gasteiger partial charge < -0.3 is 8.40 Å². The Balaban J connectivity index is -0.0000000910. The van der Waals surface area contributed by atoms with Gasteiger partial charge in [-0.3, -0.25) is 16.8 Å². The van der Waals surface area contributed by atoms with E-state index in [9.17, 15) is 0 Å². The number of hydrogen-bond acceptors (Lipinski definition) is 7. The fourth-order valence-corrected chi connectivity index (χ4v) is 0. The second kappa shape index (κ2) is 9.40. The molecule has 0 heterocycles. The summed E-state index contributed by atoms with van der Waals surface area (Å²) in [6.45, 7) is 0. The third kappa shape index (κ3) is 167. The van der Waals surface area contributed by atoms with Crippen LogP contribution in [0.2, 0.25) is 0 Å². The minimum Gasteiger partial charge on any atom is -0.372 e. The molecule has 0 saturated carbocycles. The zero-order valence-electron chi connectivity index (χ0n) is 4.65. The summed E-state index contributed by atoms with van der Waals surface area (Å²) >= 11 is -9.02. The van der Waals surface area contributed by atoms with Crippen LogP contribution in [0.1, 0.15) is 0 Å². The van der Waals surface area contributed by atoms with Crippen LogP contribution in [0.25, 0.3) is 0 Å². The maximum atomic E-state index is 8.63. The summed E-state index contributed by atoms with van der Waals surface area (Å²) in [5, 5.41) is 0. The zero-order chi connectivity index (χ0) is 8.08. The fraction of sp³-hybridized carbons (Fsp3) is 0. The molecule has 0 fully saturated rings. The van der Waals surface area contributed by atoms with Crippen LogP contribution in [0, 0.1) is 28.9 Å². The van der Waals surface area contributed by atoms with Gasteiger partial charge >= 0.3 is 66.2 Å². The molecular weight excluding hydrogens is 311 g/mol. The van der Waals surface area contributed by atoms with E-state index in [2.05, 4.69) is 0 Å². The Morgan fingerprint density at radius 3 is 1.00 bits per heavy atom. The average molecular weight is 312 g/mol. The molecule has 10 heteroatoms. The predicted molar refractivity (Wildman–Crippen MR) is 2.22 cm³/mol. The maximum Gasteiger partial charge on any atom is 1.00 e. The molecular formula is HBr2KO7. The molecule has 0 aromatic carbocycles. The van der Waals surface area contributed by atoms with E-state index in [1.165, 1.54) is 0 Å². The van der Waals surface area contributed by atoms with Gasteiger partial charge in [0.2, 0.25) is 0 Å². The summed E-state index contributed by atoms with van der Waals surface area (Å²) in [5.74, 6) is 0. The standard InChI is InChI=1S/BrO4.BrHO3.K/c2-1(3,4)5;2-1(3)4;/h;2H;/q-1;;+1. The van der Waals surface area contributed by atoms with Crippen LogP contribution in [0.15, 0.2) is 0 Å². The molecule has 0 aliphatic rings. The van der Waals surface area contributed by atoms with E-state index in [1.54, 1.807) is 0 Å². The molecule has 0 amide bonds. The molecule has 0 unspecified atom stereocenters. The van der Waals surface area contributed by atoms with Crippen molar-refractivity contribution in [1.29, 1.82) is 0 Å². The van der Waals surface area contributed by atoms with Crippen molar-refractivity contribution >= 4 is 0 Å². The minimum atomic E-state index is -5.62. The number of hydrogen-bond donors (Lipinski definition) is 1. The molecule has 10 heavy (non-hydrogen) atoms. The normalized spacial score (nSPS) is 9.60. The molecule has 0 rings (SSSR count). The molecule has 0 aliphatic carbocycles. The molecule has 0 radical (unpaired) electrons. The Kier molecular flexibility index (Phi) is 17.1. The monoisotopic (exact) mass is 310 g/mol. The Morgan fingerprint density at radius 2 is 1.00 bits per heavy atom. The molecule has 1 N–H and O–H groups in total. The summed E-state index contributed by atoms with van der Waals surface area (Å²) in [6, 6.07) is 0. The molecule has 0 spiro atoms. The van der Waals surface area contributed by atoms with Crippen LogP contribution < -0.4 is 76.6 Å². The van der Waals surface area contributed by atoms with Gasteiger partial charge in [-0.2, -0.15) is 0 Å². The van der Waals surface area contributed by atoms with Gasteiger partial charge in [0.15, 0.2) is 0 Å². The molecule has 0 aromatic heterocycles. The van der Waals surface area contributed by atoms with Crippen LogP contribution in [-0.2, 0) is 0 Å². The first-order valence-corrected chi connectivity index (χ1v) is 5.69. The Labute approximate surface area is 108 Å². The van der Waals surface area contributed by atoms with Crippen LogP contribution >= 0.6 is 0 Å². The van der Waals surface area contributed by atoms with E-state index in [1.807, 2.05) is 0 Å². The van der Waals surface area contributed by atoms with Crippen molar-refractivity contribution in [3.8, 4) is 0 Å². The second-order valence-corrected chi connectivity index (χ2v) is 3.01. The number of halogens is 2. The van der Waals surface area contributed by atoms with E-state index in [-0.39, 0.29) is 51.4 Å². The first-order valence-electron chi connectivity index (χ1n) is 1.09. The summed E-state index contributed by atoms with van der Waals surface area (Å²) in [4.78, 5) is 0. The molecule has 0 bridgehead atoms. The minimum absolute atomic E-state index is 0. The van der Waals surface area contributed by atoms with Crippen LogP contribution in [0.5, 0.6) is 0 Å². The van der Waals surface area contributed by atoms with Gasteiger partial charge in [-0.15, -0.1) is 0 Å². The summed E-state index contributed by atoms with van der Waals surface area (Å²) in [7, 11) is 0. The number of rotatable bonds is 0. The van der Waals surface area contributed by atoms with Crippen molar-refractivity contribution in [2.45, 2.75) is 0 Å². The van der Waals surface area contributed by atoms with Gasteiger partial charge in [0.25, 0.3) is 0 Å². The SMILES string of the molecule is [K+].[O-][Br+2]([O-])O.[O-][Br+3]([O-])([O-])[O-]. The molecule has 58 valence electrons. The van der Waals surface area contributed by atoms with Gasteiger partial charge in [-0.05, 0) is 4.20 Å². The van der Waals surface area contributed by atoms with Crippen LogP contribution in [0.3, 0.4) is 0 Å². The van der Waals surface area contributed by atoms with Gasteiger partial charge in [-0.1, -0.05) is 0 Å². The Morgan fingerprint density at radius 1 is 1.00 bits per heavy atom. The van der Waals surface area contributed by atoms with Crippen LogP contribution in [-0.4, -0.2) is 4.20 Å². The molecule has 0 saturated heterocycles. The van der Waals surface area contributed by atoms with Crippen molar-refractivity contribution in [2.24, 2.45) is 0 Å². The van der Waals surface area contributed by atoms with E-state index in [0.29, 0.717) is 0 Å². The summed E-state index contributed by atoms with van der Waals surface area (Å²) in [5.41, 5.74) is 0. The van der Waals surface area contributed by atoms with Crippen molar-refractivity contribution in [3.05, 3.63) is 0 Å². The van der Waals surface area contributed by atoms with Gasteiger partial charge in [-0.25, -0.2) is 0 Å². The molecule has 7 nitrogen and oxygen atoms in total. The third-order valence-corrected chi connectivity index (χ3v) is 0. The molecule has 0 atom stereocenters. The second-order valence-electron chi connectivity index (χ2n) is 0.579. The molecule has 0 aromatic rings. The van der Waals surface area contributed by atoms with E-state index in [4.69, 9.17) is 29.4 Å². The van der Waals surface area contributed by atoms with E-state index < -0.39 is 28.9 Å². The first-order chi connectivity index (χ1) is 3.73. The van der Waals surface area contributed by atoms with Gasteiger partial charge in [0.05, 0.1) is 14.1 Å². The van der Waals surface area contributed by atoms with E-state index >= 15 is 0 Å². The quantitative estimate of drug-likeness (QED) is 0.435. The topological polar surface area (TPSA) is 159 Å². The summed E-state index contributed by atoms with van der Waals surface area (Å²) in [6.07, 6.45) is 0. The largest absolute Gasteiger partial charge is 1.00 e. The van der Waals surface area contributed by atoms with Crippen molar-refractivity contribution in [2.75, 3.05) is 0 Å². The summed E-state index contributed by atoms with van der Waals surface area (Å²) < 4.78 is 58.6.